The van der Waals surface area contributed by atoms with Crippen molar-refractivity contribution >= 4 is 0 Å². The quantitative estimate of drug-likeness (QED) is 0.568. The molecule has 4 nitrogen and oxygen atoms in total. The largest absolute Gasteiger partial charge is 0.321 e. The zero-order valence-corrected chi connectivity index (χ0v) is 5.57. The summed E-state index contributed by atoms with van der Waals surface area (Å²) in [7, 11) is 1.82. The molecule has 0 bridgehead atoms. The lowest BCUT2D eigenvalue weighted by Gasteiger charge is -1.94. The Morgan fingerprint density at radius 2 is 2.44 bits per heavy atom. The van der Waals surface area contributed by atoms with Crippen LogP contribution in [0.2, 0.25) is 0 Å². The Balaban J connectivity index is 2.85. The van der Waals surface area contributed by atoms with E-state index in [0.717, 1.165) is 0 Å². The Bertz CT molecular complexity index is 191. The summed E-state index contributed by atoms with van der Waals surface area (Å²) in [5.41, 5.74) is 5.49. The highest BCUT2D eigenvalue weighted by Gasteiger charge is 2.01. The minimum Gasteiger partial charge on any atom is -0.321 e. The molecule has 0 spiro atoms. The molecule has 0 saturated heterocycles. The van der Waals surface area contributed by atoms with Crippen LogP contribution in [-0.4, -0.2) is 14.8 Å². The van der Waals surface area contributed by atoms with E-state index in [2.05, 4.69) is 10.1 Å². The van der Waals surface area contributed by atoms with Gasteiger partial charge in [0.15, 0.2) is 5.82 Å². The van der Waals surface area contributed by atoms with E-state index in [9.17, 15) is 0 Å². The Hall–Kier alpha value is -0.900. The molecule has 1 aromatic rings. The molecule has 1 rings (SSSR count). The Morgan fingerprint density at radius 3 is 2.67 bits per heavy atom. The van der Waals surface area contributed by atoms with Gasteiger partial charge in [-0.05, 0) is 6.92 Å². The van der Waals surface area contributed by atoms with Gasteiger partial charge in [-0.25, -0.2) is 4.98 Å². The van der Waals surface area contributed by atoms with Crippen LogP contribution in [0.3, 0.4) is 0 Å². The summed E-state index contributed by atoms with van der Waals surface area (Å²) in [5, 5.41) is 3.99. The van der Waals surface area contributed by atoms with Crippen molar-refractivity contribution in [2.75, 3.05) is 0 Å². The maximum Gasteiger partial charge on any atom is 0.166 e. The number of aromatic nitrogens is 3. The van der Waals surface area contributed by atoms with E-state index in [-0.39, 0.29) is 6.04 Å². The van der Waals surface area contributed by atoms with Crippen molar-refractivity contribution in [1.29, 1.82) is 0 Å². The van der Waals surface area contributed by atoms with E-state index in [1.165, 1.54) is 0 Å². The third-order valence-electron chi connectivity index (χ3n) is 1.02. The molecule has 0 aliphatic heterocycles. The van der Waals surface area contributed by atoms with Gasteiger partial charge in [0.25, 0.3) is 0 Å². The summed E-state index contributed by atoms with van der Waals surface area (Å²) < 4.78 is 1.64. The van der Waals surface area contributed by atoms with Crippen molar-refractivity contribution in [3.8, 4) is 0 Å². The molecule has 9 heavy (non-hydrogen) atoms. The first-order chi connectivity index (χ1) is 4.20. The van der Waals surface area contributed by atoms with Crippen LogP contribution in [0.1, 0.15) is 18.8 Å². The molecule has 0 aromatic carbocycles. The van der Waals surface area contributed by atoms with Crippen molar-refractivity contribution in [1.82, 2.24) is 14.8 Å². The molecule has 0 aliphatic rings. The van der Waals surface area contributed by atoms with Gasteiger partial charge in [-0.3, -0.25) is 4.68 Å². The fourth-order valence-electron chi connectivity index (χ4n) is 0.565. The summed E-state index contributed by atoms with van der Waals surface area (Å²) >= 11 is 0. The molecule has 1 atom stereocenters. The summed E-state index contributed by atoms with van der Waals surface area (Å²) in [6, 6.07) is -0.0637. The maximum absolute atomic E-state index is 5.49. The molecule has 1 aromatic heterocycles. The second-order valence-corrected chi connectivity index (χ2v) is 2.07. The molecule has 1 heterocycles. The lowest BCUT2D eigenvalue weighted by atomic mass is 10.4. The van der Waals surface area contributed by atoms with Crippen molar-refractivity contribution in [3.63, 3.8) is 0 Å². The molecule has 50 valence electrons. The lowest BCUT2D eigenvalue weighted by molar-refractivity contribution is 0.693. The first-order valence-corrected chi connectivity index (χ1v) is 2.81. The maximum atomic E-state index is 5.49. The zero-order valence-electron chi connectivity index (χ0n) is 5.57. The smallest absolute Gasteiger partial charge is 0.166 e. The van der Waals surface area contributed by atoms with Gasteiger partial charge in [-0.1, -0.05) is 0 Å². The van der Waals surface area contributed by atoms with E-state index in [0.29, 0.717) is 5.82 Å². The van der Waals surface area contributed by atoms with E-state index in [1.807, 2.05) is 14.0 Å². The van der Waals surface area contributed by atoms with Crippen molar-refractivity contribution in [2.24, 2.45) is 12.8 Å². The van der Waals surface area contributed by atoms with Crippen LogP contribution in [0.15, 0.2) is 6.33 Å². The highest BCUT2D eigenvalue weighted by Crippen LogP contribution is 1.98. The first kappa shape index (κ1) is 6.22. The molecule has 0 saturated carbocycles. The lowest BCUT2D eigenvalue weighted by Crippen LogP contribution is -2.07. The minimum atomic E-state index is -0.0637. The van der Waals surface area contributed by atoms with Crippen LogP contribution in [0.4, 0.5) is 0 Å². The van der Waals surface area contributed by atoms with Crippen molar-refractivity contribution < 1.29 is 0 Å². The average molecular weight is 126 g/mol. The first-order valence-electron chi connectivity index (χ1n) is 2.81. The predicted molar refractivity (Wildman–Crippen MR) is 33.6 cm³/mol. The fraction of sp³-hybridized carbons (Fsp3) is 0.600. The Labute approximate surface area is 53.7 Å². The number of nitrogens with zero attached hydrogens (tertiary/aromatic N) is 3. The Kier molecular flexibility index (Phi) is 1.48. The predicted octanol–water partition coefficient (Wildman–Crippen LogP) is -0.165. The molecular weight excluding hydrogens is 116 g/mol. The Morgan fingerprint density at radius 1 is 1.78 bits per heavy atom. The minimum absolute atomic E-state index is 0.0637. The van der Waals surface area contributed by atoms with Crippen LogP contribution < -0.4 is 5.73 Å². The van der Waals surface area contributed by atoms with E-state index in [1.54, 1.807) is 11.0 Å². The third kappa shape index (κ3) is 1.26. The molecule has 0 unspecified atom stereocenters. The monoisotopic (exact) mass is 126 g/mol. The van der Waals surface area contributed by atoms with Crippen LogP contribution in [0.5, 0.6) is 0 Å². The van der Waals surface area contributed by atoms with Crippen LogP contribution in [0, 0.1) is 0 Å². The van der Waals surface area contributed by atoms with E-state index >= 15 is 0 Å². The average Bonchev–Trinajstić information content (AvgIpc) is 2.14. The molecule has 0 radical (unpaired) electrons. The second kappa shape index (κ2) is 2.14. The number of hydrogen-bond donors (Lipinski definition) is 1. The highest BCUT2D eigenvalue weighted by molar-refractivity contribution is 4.86. The molecule has 4 heteroatoms. The molecule has 0 aliphatic carbocycles. The van der Waals surface area contributed by atoms with Gasteiger partial charge in [0, 0.05) is 7.05 Å². The third-order valence-corrected chi connectivity index (χ3v) is 1.02. The molecule has 0 amide bonds. The number of aryl methyl sites for hydroxylation is 1. The van der Waals surface area contributed by atoms with Crippen molar-refractivity contribution in [2.45, 2.75) is 13.0 Å². The topological polar surface area (TPSA) is 56.7 Å². The van der Waals surface area contributed by atoms with E-state index < -0.39 is 0 Å². The standard InChI is InChI=1S/C5H10N4/c1-4(6)5-7-3-9(2)8-5/h3-4H,6H2,1-2H3/t4-/m1/s1. The van der Waals surface area contributed by atoms with Crippen LogP contribution in [-0.2, 0) is 7.05 Å². The number of rotatable bonds is 1. The SMILES string of the molecule is C[C@@H](N)c1ncn(C)n1. The molecule has 0 fully saturated rings. The molecular formula is C5H10N4. The van der Waals surface area contributed by atoms with Gasteiger partial charge < -0.3 is 5.73 Å². The highest BCUT2D eigenvalue weighted by atomic mass is 15.3. The van der Waals surface area contributed by atoms with Gasteiger partial charge in [0.2, 0.25) is 0 Å². The number of nitrogens with two attached hydrogens (primary N) is 1. The summed E-state index contributed by atoms with van der Waals surface area (Å²) in [4.78, 5) is 3.94. The number of hydrogen-bond acceptors (Lipinski definition) is 3. The molecule has 2 N–H and O–H groups in total. The second-order valence-electron chi connectivity index (χ2n) is 2.07. The van der Waals surface area contributed by atoms with Gasteiger partial charge in [-0.2, -0.15) is 5.10 Å². The van der Waals surface area contributed by atoms with Crippen molar-refractivity contribution in [3.05, 3.63) is 12.2 Å². The van der Waals surface area contributed by atoms with Gasteiger partial charge in [-0.15, -0.1) is 0 Å². The summed E-state index contributed by atoms with van der Waals surface area (Å²) in [6.45, 7) is 1.86. The normalized spacial score (nSPS) is 13.7. The van der Waals surface area contributed by atoms with Crippen LogP contribution >= 0.6 is 0 Å². The van der Waals surface area contributed by atoms with Gasteiger partial charge in [0.1, 0.15) is 6.33 Å². The van der Waals surface area contributed by atoms with Crippen LogP contribution in [0.25, 0.3) is 0 Å². The fourth-order valence-corrected chi connectivity index (χ4v) is 0.565. The summed E-state index contributed by atoms with van der Waals surface area (Å²) in [5.74, 6) is 0.692. The van der Waals surface area contributed by atoms with Gasteiger partial charge >= 0.3 is 0 Å². The summed E-state index contributed by atoms with van der Waals surface area (Å²) in [6.07, 6.45) is 1.64. The van der Waals surface area contributed by atoms with E-state index in [4.69, 9.17) is 5.73 Å². The zero-order chi connectivity index (χ0) is 6.85. The van der Waals surface area contributed by atoms with Gasteiger partial charge in [0.05, 0.1) is 6.04 Å².